The van der Waals surface area contributed by atoms with Crippen molar-refractivity contribution in [2.45, 2.75) is 44.8 Å². The Bertz CT molecular complexity index is 985. The lowest BCUT2D eigenvalue weighted by Crippen LogP contribution is -2.42. The summed E-state index contributed by atoms with van der Waals surface area (Å²) in [6.45, 7) is 2.70. The van der Waals surface area contributed by atoms with Crippen molar-refractivity contribution in [2.24, 2.45) is 7.05 Å². The van der Waals surface area contributed by atoms with Crippen LogP contribution < -0.4 is 0 Å². The number of hydrogen-bond donors (Lipinski definition) is 0. The molecule has 2 atom stereocenters. The first-order chi connectivity index (χ1) is 13.1. The molecule has 5 rings (SSSR count). The molecular weight excluding hydrogens is 340 g/mol. The average Bonchev–Trinajstić information content (AvgIpc) is 3.31. The van der Waals surface area contributed by atoms with Gasteiger partial charge in [0.2, 0.25) is 0 Å². The maximum atomic E-state index is 13.2. The Hall–Kier alpha value is -2.96. The molecule has 2 bridgehead atoms. The molecule has 2 aromatic heterocycles. The summed E-state index contributed by atoms with van der Waals surface area (Å²) < 4.78 is 3.96. The van der Waals surface area contributed by atoms with Crippen LogP contribution >= 0.6 is 0 Å². The van der Waals surface area contributed by atoms with Gasteiger partial charge in [-0.05, 0) is 25.8 Å². The monoisotopic (exact) mass is 362 g/mol. The summed E-state index contributed by atoms with van der Waals surface area (Å²) >= 11 is 0. The number of aryl methyl sites for hydroxylation is 2. The fourth-order valence-corrected chi connectivity index (χ4v) is 4.37. The van der Waals surface area contributed by atoms with Crippen molar-refractivity contribution in [3.63, 3.8) is 0 Å². The summed E-state index contributed by atoms with van der Waals surface area (Å²) in [5, 5.41) is 13.3. The minimum atomic E-state index is 0.0335. The lowest BCUT2D eigenvalue weighted by Gasteiger charge is -2.27. The number of rotatable bonds is 2. The summed E-state index contributed by atoms with van der Waals surface area (Å²) in [5.41, 5.74) is 2.59. The molecule has 7 nitrogen and oxygen atoms in total. The van der Waals surface area contributed by atoms with Crippen molar-refractivity contribution in [1.82, 2.24) is 29.4 Å². The highest BCUT2D eigenvalue weighted by atomic mass is 16.2. The number of fused-ring (bicyclic) bond motifs is 3. The van der Waals surface area contributed by atoms with E-state index in [2.05, 4.69) is 32.0 Å². The molecule has 4 heterocycles. The fourth-order valence-electron chi connectivity index (χ4n) is 4.37. The van der Waals surface area contributed by atoms with Crippen LogP contribution in [0.2, 0.25) is 0 Å². The van der Waals surface area contributed by atoms with Crippen molar-refractivity contribution >= 4 is 5.91 Å². The van der Waals surface area contributed by atoms with E-state index in [0.29, 0.717) is 5.69 Å². The molecule has 1 saturated heterocycles. The molecule has 3 aromatic rings. The quantitative estimate of drug-likeness (QED) is 0.701. The van der Waals surface area contributed by atoms with Gasteiger partial charge in [0.1, 0.15) is 5.82 Å². The van der Waals surface area contributed by atoms with Crippen LogP contribution in [0, 0.1) is 6.92 Å². The number of hydrogen-bond acceptors (Lipinski definition) is 4. The molecule has 27 heavy (non-hydrogen) atoms. The predicted molar refractivity (Wildman–Crippen MR) is 100 cm³/mol. The van der Waals surface area contributed by atoms with Crippen LogP contribution in [0.15, 0.2) is 36.4 Å². The third kappa shape index (κ3) is 2.57. The Balaban J connectivity index is 1.49. The van der Waals surface area contributed by atoms with Crippen LogP contribution in [-0.4, -0.2) is 47.4 Å². The van der Waals surface area contributed by atoms with Crippen molar-refractivity contribution < 1.29 is 4.79 Å². The zero-order valence-electron chi connectivity index (χ0n) is 15.5. The van der Waals surface area contributed by atoms with E-state index in [0.717, 1.165) is 48.7 Å². The van der Waals surface area contributed by atoms with E-state index >= 15 is 0 Å². The van der Waals surface area contributed by atoms with Crippen LogP contribution in [-0.2, 0) is 20.0 Å². The first-order valence-corrected chi connectivity index (χ1v) is 9.42. The van der Waals surface area contributed by atoms with Gasteiger partial charge in [0.25, 0.3) is 5.91 Å². The normalized spacial score (nSPS) is 21.2. The molecule has 0 radical (unpaired) electrons. The lowest BCUT2D eigenvalue weighted by atomic mass is 10.1. The summed E-state index contributed by atoms with van der Waals surface area (Å²) in [6.07, 6.45) is 2.76. The Morgan fingerprint density at radius 3 is 2.63 bits per heavy atom. The molecule has 1 aromatic carbocycles. The van der Waals surface area contributed by atoms with E-state index in [9.17, 15) is 4.79 Å². The van der Waals surface area contributed by atoms with E-state index in [1.54, 1.807) is 4.68 Å². The van der Waals surface area contributed by atoms with Gasteiger partial charge in [-0.1, -0.05) is 30.3 Å². The minimum Gasteiger partial charge on any atom is -0.329 e. The molecular formula is C20H22N6O. The van der Waals surface area contributed by atoms with Crippen LogP contribution in [0.3, 0.4) is 0 Å². The second-order valence-corrected chi connectivity index (χ2v) is 7.51. The smallest absolute Gasteiger partial charge is 0.274 e. The summed E-state index contributed by atoms with van der Waals surface area (Å²) in [6, 6.07) is 12.3. The number of carbonyl (C=O) groups excluding carboxylic acids is 1. The van der Waals surface area contributed by atoms with Gasteiger partial charge >= 0.3 is 0 Å². The minimum absolute atomic E-state index is 0.0335. The van der Waals surface area contributed by atoms with Gasteiger partial charge in [-0.25, -0.2) is 0 Å². The van der Waals surface area contributed by atoms with Crippen LogP contribution in [0.1, 0.15) is 34.8 Å². The van der Waals surface area contributed by atoms with Gasteiger partial charge < -0.3 is 9.47 Å². The zero-order chi connectivity index (χ0) is 18.5. The number of aromatic nitrogens is 5. The lowest BCUT2D eigenvalue weighted by molar-refractivity contribution is 0.0659. The second-order valence-electron chi connectivity index (χ2n) is 7.51. The van der Waals surface area contributed by atoms with Crippen molar-refractivity contribution in [2.75, 3.05) is 0 Å². The SMILES string of the molecule is Cc1cc(C(=O)N2[C@@H]3CC[C@H]2Cc2nnc(-c4ccccc4)n2C3)nn1C. The first-order valence-electron chi connectivity index (χ1n) is 9.42. The van der Waals surface area contributed by atoms with Crippen LogP contribution in [0.25, 0.3) is 11.4 Å². The van der Waals surface area contributed by atoms with E-state index in [4.69, 9.17) is 0 Å². The summed E-state index contributed by atoms with van der Waals surface area (Å²) in [7, 11) is 1.87. The molecule has 0 spiro atoms. The molecule has 2 aliphatic heterocycles. The van der Waals surface area contributed by atoms with Gasteiger partial charge in [0.05, 0.1) is 6.04 Å². The standard InChI is InChI=1S/C20H22N6O/c1-13-10-17(23-24(13)2)20(27)26-15-8-9-16(26)12-25-18(11-15)21-22-19(25)14-6-4-3-5-7-14/h3-7,10,15-16H,8-9,11-12H2,1-2H3/t15-,16+/m0/s1. The Kier molecular flexibility index (Phi) is 3.63. The molecule has 1 amide bonds. The summed E-state index contributed by atoms with van der Waals surface area (Å²) in [5.74, 6) is 1.89. The van der Waals surface area contributed by atoms with Crippen LogP contribution in [0.5, 0.6) is 0 Å². The van der Waals surface area contributed by atoms with E-state index < -0.39 is 0 Å². The Morgan fingerprint density at radius 1 is 1.11 bits per heavy atom. The van der Waals surface area contributed by atoms with Gasteiger partial charge in [0.15, 0.2) is 11.5 Å². The molecule has 0 saturated carbocycles. The highest BCUT2D eigenvalue weighted by Crippen LogP contribution is 2.34. The number of amides is 1. The zero-order valence-corrected chi connectivity index (χ0v) is 15.5. The van der Waals surface area contributed by atoms with Crippen LogP contribution in [0.4, 0.5) is 0 Å². The Morgan fingerprint density at radius 2 is 1.89 bits per heavy atom. The second kappa shape index (κ2) is 6.04. The van der Waals surface area contributed by atoms with Crippen molar-refractivity contribution in [3.05, 3.63) is 53.6 Å². The largest absolute Gasteiger partial charge is 0.329 e. The fraction of sp³-hybridized carbons (Fsp3) is 0.400. The third-order valence-electron chi connectivity index (χ3n) is 5.86. The average molecular weight is 362 g/mol. The molecule has 0 unspecified atom stereocenters. The molecule has 1 fully saturated rings. The molecule has 7 heteroatoms. The van der Waals surface area contributed by atoms with Gasteiger partial charge in [-0.2, -0.15) is 5.10 Å². The van der Waals surface area contributed by atoms with Gasteiger partial charge in [-0.15, -0.1) is 10.2 Å². The molecule has 0 N–H and O–H groups in total. The summed E-state index contributed by atoms with van der Waals surface area (Å²) in [4.78, 5) is 15.3. The molecule has 0 aliphatic carbocycles. The topological polar surface area (TPSA) is 68.8 Å². The number of nitrogens with zero attached hydrogens (tertiary/aromatic N) is 6. The Labute approximate surface area is 157 Å². The van der Waals surface area contributed by atoms with E-state index in [-0.39, 0.29) is 18.0 Å². The van der Waals surface area contributed by atoms with Gasteiger partial charge in [0, 0.05) is 37.3 Å². The highest BCUT2D eigenvalue weighted by Gasteiger charge is 2.42. The first kappa shape index (κ1) is 16.2. The number of benzene rings is 1. The maximum absolute atomic E-state index is 13.2. The highest BCUT2D eigenvalue weighted by molar-refractivity contribution is 5.93. The maximum Gasteiger partial charge on any atom is 0.274 e. The third-order valence-corrected chi connectivity index (χ3v) is 5.86. The molecule has 2 aliphatic rings. The van der Waals surface area contributed by atoms with Gasteiger partial charge in [-0.3, -0.25) is 9.48 Å². The van der Waals surface area contributed by atoms with Crippen molar-refractivity contribution in [1.29, 1.82) is 0 Å². The predicted octanol–water partition coefficient (Wildman–Crippen LogP) is 2.22. The van der Waals surface area contributed by atoms with E-state index in [1.807, 2.05) is 43.1 Å². The van der Waals surface area contributed by atoms with E-state index in [1.165, 1.54) is 0 Å². The van der Waals surface area contributed by atoms with Crippen molar-refractivity contribution in [3.8, 4) is 11.4 Å². The molecule has 138 valence electrons. The number of carbonyl (C=O) groups is 1.